The van der Waals surface area contributed by atoms with E-state index in [1.807, 2.05) is 12.3 Å². The van der Waals surface area contributed by atoms with Gasteiger partial charge in [0.15, 0.2) is 0 Å². The van der Waals surface area contributed by atoms with Crippen LogP contribution in [0.15, 0.2) is 24.4 Å². The van der Waals surface area contributed by atoms with Crippen LogP contribution in [0.25, 0.3) is 11.0 Å². The number of piperidine rings is 1. The normalized spacial score (nSPS) is 21.4. The molecule has 16 heavy (non-hydrogen) atoms. The van der Waals surface area contributed by atoms with E-state index in [0.717, 1.165) is 29.9 Å². The van der Waals surface area contributed by atoms with Crippen LogP contribution in [0.3, 0.4) is 0 Å². The highest BCUT2D eigenvalue weighted by atomic mass is 14.9. The molecule has 0 aliphatic carbocycles. The fraction of sp³-hybridized carbons (Fsp3) is 0.462. The van der Waals surface area contributed by atoms with Crippen LogP contribution >= 0.6 is 0 Å². The molecule has 0 spiro atoms. The third kappa shape index (κ3) is 1.95. The number of pyridine rings is 1. The summed E-state index contributed by atoms with van der Waals surface area (Å²) >= 11 is 0. The van der Waals surface area contributed by atoms with Crippen molar-refractivity contribution in [1.29, 1.82) is 0 Å². The first-order chi connectivity index (χ1) is 7.92. The molecule has 84 valence electrons. The molecule has 0 saturated carbocycles. The van der Waals surface area contributed by atoms with Crippen LogP contribution in [0.1, 0.15) is 18.5 Å². The lowest BCUT2D eigenvalue weighted by Gasteiger charge is -2.22. The molecular formula is C13H17N3. The Kier molecular flexibility index (Phi) is 2.62. The number of hydrogen-bond acceptors (Lipinski definition) is 2. The number of aromatic nitrogens is 2. The highest BCUT2D eigenvalue weighted by Gasteiger charge is 2.14. The number of fused-ring (bicyclic) bond motifs is 1. The minimum Gasteiger partial charge on any atom is -0.360 e. The largest absolute Gasteiger partial charge is 0.360 e. The number of nitrogens with one attached hydrogen (secondary N) is 2. The Morgan fingerprint density at radius 3 is 3.19 bits per heavy atom. The molecule has 3 rings (SSSR count). The van der Waals surface area contributed by atoms with Crippen molar-refractivity contribution in [3.05, 3.63) is 30.1 Å². The molecule has 1 aliphatic heterocycles. The summed E-state index contributed by atoms with van der Waals surface area (Å²) in [6, 6.07) is 6.32. The van der Waals surface area contributed by atoms with Crippen molar-refractivity contribution in [3.8, 4) is 0 Å². The highest BCUT2D eigenvalue weighted by Crippen LogP contribution is 2.17. The van der Waals surface area contributed by atoms with Gasteiger partial charge in [0, 0.05) is 11.9 Å². The van der Waals surface area contributed by atoms with Gasteiger partial charge >= 0.3 is 0 Å². The summed E-state index contributed by atoms with van der Waals surface area (Å²) in [5, 5.41) is 3.45. The summed E-state index contributed by atoms with van der Waals surface area (Å²) in [7, 11) is 0. The maximum atomic E-state index is 4.67. The van der Waals surface area contributed by atoms with Gasteiger partial charge in [-0.3, -0.25) is 4.98 Å². The molecule has 3 heterocycles. The monoisotopic (exact) mass is 215 g/mol. The Morgan fingerprint density at radius 1 is 1.31 bits per heavy atom. The first-order valence-electron chi connectivity index (χ1n) is 6.05. The van der Waals surface area contributed by atoms with Crippen LogP contribution in [-0.4, -0.2) is 23.1 Å². The zero-order chi connectivity index (χ0) is 10.8. The SMILES string of the molecule is c1cc2nc(C[C@H]3CCCNC3)ccc2[nH]1. The van der Waals surface area contributed by atoms with Crippen molar-refractivity contribution < 1.29 is 0 Å². The van der Waals surface area contributed by atoms with E-state index in [0.29, 0.717) is 0 Å². The molecule has 1 aliphatic rings. The zero-order valence-electron chi connectivity index (χ0n) is 9.37. The summed E-state index contributed by atoms with van der Waals surface area (Å²) in [6.45, 7) is 2.33. The van der Waals surface area contributed by atoms with Gasteiger partial charge in [0.05, 0.1) is 11.0 Å². The summed E-state index contributed by atoms with van der Waals surface area (Å²) in [6.07, 6.45) is 5.69. The van der Waals surface area contributed by atoms with Crippen molar-refractivity contribution in [2.75, 3.05) is 13.1 Å². The first-order valence-corrected chi connectivity index (χ1v) is 6.05. The lowest BCUT2D eigenvalue weighted by molar-refractivity contribution is 0.374. The molecule has 2 aromatic rings. The van der Waals surface area contributed by atoms with Gasteiger partial charge in [0.2, 0.25) is 0 Å². The van der Waals surface area contributed by atoms with Gasteiger partial charge in [0.1, 0.15) is 0 Å². The second-order valence-corrected chi connectivity index (χ2v) is 4.63. The average Bonchev–Trinajstić information content (AvgIpc) is 2.77. The fourth-order valence-corrected chi connectivity index (χ4v) is 2.48. The molecule has 0 amide bonds. The number of H-pyrrole nitrogens is 1. The van der Waals surface area contributed by atoms with Crippen molar-refractivity contribution in [2.24, 2.45) is 5.92 Å². The van der Waals surface area contributed by atoms with Gasteiger partial charge in [-0.05, 0) is 56.5 Å². The van der Waals surface area contributed by atoms with Crippen molar-refractivity contribution >= 4 is 11.0 Å². The Bertz CT molecular complexity index is 469. The van der Waals surface area contributed by atoms with Gasteiger partial charge in [-0.1, -0.05) is 0 Å². The molecule has 3 heteroatoms. The Morgan fingerprint density at radius 2 is 2.31 bits per heavy atom. The summed E-state index contributed by atoms with van der Waals surface area (Å²) in [5.74, 6) is 0.762. The molecule has 1 fully saturated rings. The predicted molar refractivity (Wildman–Crippen MR) is 65.4 cm³/mol. The van der Waals surface area contributed by atoms with E-state index in [-0.39, 0.29) is 0 Å². The van der Waals surface area contributed by atoms with E-state index in [9.17, 15) is 0 Å². The van der Waals surface area contributed by atoms with Gasteiger partial charge in [-0.15, -0.1) is 0 Å². The topological polar surface area (TPSA) is 40.7 Å². The second kappa shape index (κ2) is 4.26. The smallest absolute Gasteiger partial charge is 0.0882 e. The van der Waals surface area contributed by atoms with Crippen LogP contribution in [-0.2, 0) is 6.42 Å². The van der Waals surface area contributed by atoms with Crippen LogP contribution < -0.4 is 5.32 Å². The van der Waals surface area contributed by atoms with Crippen LogP contribution in [0.4, 0.5) is 0 Å². The highest BCUT2D eigenvalue weighted by molar-refractivity contribution is 5.74. The molecule has 0 bridgehead atoms. The molecular weight excluding hydrogens is 198 g/mol. The maximum absolute atomic E-state index is 4.67. The van der Waals surface area contributed by atoms with Crippen LogP contribution in [0.2, 0.25) is 0 Å². The Hall–Kier alpha value is -1.35. The number of rotatable bonds is 2. The summed E-state index contributed by atoms with van der Waals surface area (Å²) < 4.78 is 0. The summed E-state index contributed by atoms with van der Waals surface area (Å²) in [4.78, 5) is 7.85. The predicted octanol–water partition coefficient (Wildman–Crippen LogP) is 2.10. The quantitative estimate of drug-likeness (QED) is 0.805. The van der Waals surface area contributed by atoms with E-state index >= 15 is 0 Å². The minimum absolute atomic E-state index is 0.762. The Labute approximate surface area is 95.3 Å². The van der Waals surface area contributed by atoms with E-state index in [1.165, 1.54) is 25.1 Å². The number of nitrogens with zero attached hydrogens (tertiary/aromatic N) is 1. The molecule has 0 radical (unpaired) electrons. The Balaban J connectivity index is 1.77. The van der Waals surface area contributed by atoms with Gasteiger partial charge in [-0.2, -0.15) is 0 Å². The van der Waals surface area contributed by atoms with Gasteiger partial charge in [0.25, 0.3) is 0 Å². The lowest BCUT2D eigenvalue weighted by atomic mass is 9.94. The minimum atomic E-state index is 0.762. The van der Waals surface area contributed by atoms with E-state index in [4.69, 9.17) is 0 Å². The third-order valence-corrected chi connectivity index (χ3v) is 3.36. The van der Waals surface area contributed by atoms with E-state index < -0.39 is 0 Å². The third-order valence-electron chi connectivity index (χ3n) is 3.36. The van der Waals surface area contributed by atoms with Gasteiger partial charge < -0.3 is 10.3 Å². The van der Waals surface area contributed by atoms with Crippen LogP contribution in [0, 0.1) is 5.92 Å². The maximum Gasteiger partial charge on any atom is 0.0882 e. The average molecular weight is 215 g/mol. The van der Waals surface area contributed by atoms with Crippen molar-refractivity contribution in [1.82, 2.24) is 15.3 Å². The summed E-state index contributed by atoms with van der Waals surface area (Å²) in [5.41, 5.74) is 3.44. The number of hydrogen-bond donors (Lipinski definition) is 2. The van der Waals surface area contributed by atoms with Crippen molar-refractivity contribution in [3.63, 3.8) is 0 Å². The van der Waals surface area contributed by atoms with E-state index in [1.54, 1.807) is 0 Å². The molecule has 0 aromatic carbocycles. The molecule has 3 nitrogen and oxygen atoms in total. The molecule has 2 aromatic heterocycles. The number of aromatic amines is 1. The fourth-order valence-electron chi connectivity index (χ4n) is 2.48. The van der Waals surface area contributed by atoms with Crippen molar-refractivity contribution in [2.45, 2.75) is 19.3 Å². The van der Waals surface area contributed by atoms with Gasteiger partial charge in [-0.25, -0.2) is 0 Å². The second-order valence-electron chi connectivity index (χ2n) is 4.63. The molecule has 1 saturated heterocycles. The lowest BCUT2D eigenvalue weighted by Crippen LogP contribution is -2.31. The zero-order valence-corrected chi connectivity index (χ0v) is 9.37. The van der Waals surface area contributed by atoms with Crippen LogP contribution in [0.5, 0.6) is 0 Å². The first kappa shape index (κ1) is 9.85. The molecule has 0 unspecified atom stereocenters. The molecule has 1 atom stereocenters. The van der Waals surface area contributed by atoms with E-state index in [2.05, 4.69) is 27.4 Å². The molecule has 2 N–H and O–H groups in total. The standard InChI is InChI=1S/C13H17N3/c1-2-10(9-14-6-1)8-11-3-4-12-13(16-11)5-7-15-12/h3-5,7,10,14-15H,1-2,6,8-9H2/t10-/m1/s1.